The molecule has 1 heterocycles. The standard InChI is InChI=1S/C19H15Cl2NO5/c1-2-25-19(24)22-12-3-5-14-11(7-18(23)27-17(14)8-12)10-26-13-4-6-15(20)16(21)9-13/h3-9H,2,10H2,1H3,(H,22,24). The van der Waals surface area contributed by atoms with E-state index in [0.717, 1.165) is 0 Å². The van der Waals surface area contributed by atoms with Crippen LogP contribution in [0.1, 0.15) is 12.5 Å². The summed E-state index contributed by atoms with van der Waals surface area (Å²) in [5.74, 6) is 0.520. The molecule has 0 aliphatic heterocycles. The first-order valence-corrected chi connectivity index (χ1v) is 8.80. The minimum absolute atomic E-state index is 0.130. The molecule has 0 unspecified atom stereocenters. The van der Waals surface area contributed by atoms with Crippen LogP contribution in [-0.4, -0.2) is 12.7 Å². The fourth-order valence-electron chi connectivity index (χ4n) is 2.44. The molecule has 0 saturated carbocycles. The molecule has 3 aromatic rings. The van der Waals surface area contributed by atoms with Gasteiger partial charge in [0.05, 0.1) is 16.7 Å². The van der Waals surface area contributed by atoms with Gasteiger partial charge in [-0.3, -0.25) is 5.32 Å². The molecule has 0 bridgehead atoms. The predicted octanol–water partition coefficient (Wildman–Crippen LogP) is 5.25. The van der Waals surface area contributed by atoms with Crippen LogP contribution >= 0.6 is 23.2 Å². The zero-order valence-corrected chi connectivity index (χ0v) is 15.8. The van der Waals surface area contributed by atoms with Gasteiger partial charge in [0.2, 0.25) is 0 Å². The molecule has 1 N–H and O–H groups in total. The third-order valence-electron chi connectivity index (χ3n) is 3.64. The van der Waals surface area contributed by atoms with Gasteiger partial charge in [0.15, 0.2) is 0 Å². The summed E-state index contributed by atoms with van der Waals surface area (Å²) >= 11 is 11.9. The van der Waals surface area contributed by atoms with Crippen LogP contribution in [0.15, 0.2) is 51.7 Å². The number of amides is 1. The number of carbonyl (C=O) groups is 1. The van der Waals surface area contributed by atoms with Crippen molar-refractivity contribution in [3.63, 3.8) is 0 Å². The monoisotopic (exact) mass is 407 g/mol. The van der Waals surface area contributed by atoms with E-state index in [1.807, 2.05) is 0 Å². The van der Waals surface area contributed by atoms with Crippen molar-refractivity contribution in [2.24, 2.45) is 0 Å². The Labute approximate surface area is 164 Å². The van der Waals surface area contributed by atoms with E-state index >= 15 is 0 Å². The number of rotatable bonds is 5. The third kappa shape index (κ3) is 4.72. The Morgan fingerprint density at radius 2 is 1.93 bits per heavy atom. The quantitative estimate of drug-likeness (QED) is 0.584. The molecule has 6 nitrogen and oxygen atoms in total. The number of fused-ring (bicyclic) bond motifs is 1. The van der Waals surface area contributed by atoms with E-state index in [0.29, 0.717) is 38.0 Å². The van der Waals surface area contributed by atoms with Crippen molar-refractivity contribution >= 4 is 46.0 Å². The lowest BCUT2D eigenvalue weighted by Gasteiger charge is -2.10. The Bertz CT molecular complexity index is 1050. The van der Waals surface area contributed by atoms with Gasteiger partial charge in [0.25, 0.3) is 0 Å². The van der Waals surface area contributed by atoms with Crippen LogP contribution < -0.4 is 15.7 Å². The summed E-state index contributed by atoms with van der Waals surface area (Å²) in [5, 5.41) is 4.05. The molecule has 0 aliphatic rings. The van der Waals surface area contributed by atoms with Crippen LogP contribution in [-0.2, 0) is 11.3 Å². The average Bonchev–Trinajstić information content (AvgIpc) is 2.62. The van der Waals surface area contributed by atoms with Crippen LogP contribution in [0, 0.1) is 0 Å². The molecular formula is C19H15Cl2NO5. The first-order chi connectivity index (χ1) is 13.0. The molecule has 0 radical (unpaired) electrons. The predicted molar refractivity (Wildman–Crippen MR) is 104 cm³/mol. The number of nitrogens with one attached hydrogen (secondary N) is 1. The molecular weight excluding hydrogens is 393 g/mol. The second kappa shape index (κ2) is 8.33. The largest absolute Gasteiger partial charge is 0.489 e. The van der Waals surface area contributed by atoms with Crippen LogP contribution in [0.25, 0.3) is 11.0 Å². The first-order valence-electron chi connectivity index (χ1n) is 8.04. The second-order valence-corrected chi connectivity index (χ2v) is 6.33. The summed E-state index contributed by atoms with van der Waals surface area (Å²) < 4.78 is 15.8. The zero-order valence-electron chi connectivity index (χ0n) is 14.3. The molecule has 140 valence electrons. The lowest BCUT2D eigenvalue weighted by atomic mass is 10.1. The molecule has 1 aromatic heterocycles. The summed E-state index contributed by atoms with van der Waals surface area (Å²) in [6.45, 7) is 2.09. The van der Waals surface area contributed by atoms with Gasteiger partial charge in [0, 0.05) is 34.8 Å². The maximum Gasteiger partial charge on any atom is 0.411 e. The lowest BCUT2D eigenvalue weighted by Crippen LogP contribution is -2.13. The number of hydrogen-bond donors (Lipinski definition) is 1. The van der Waals surface area contributed by atoms with Gasteiger partial charge in [-0.15, -0.1) is 0 Å². The van der Waals surface area contributed by atoms with Gasteiger partial charge in [-0.2, -0.15) is 0 Å². The first kappa shape index (κ1) is 19.1. The van der Waals surface area contributed by atoms with Gasteiger partial charge in [-0.05, 0) is 31.2 Å². The van der Waals surface area contributed by atoms with Crippen LogP contribution in [0.3, 0.4) is 0 Å². The van der Waals surface area contributed by atoms with E-state index < -0.39 is 11.7 Å². The molecule has 27 heavy (non-hydrogen) atoms. The smallest absolute Gasteiger partial charge is 0.411 e. The van der Waals surface area contributed by atoms with Crippen molar-refractivity contribution in [2.45, 2.75) is 13.5 Å². The summed E-state index contributed by atoms with van der Waals surface area (Å²) in [5.41, 5.74) is 0.884. The van der Waals surface area contributed by atoms with E-state index in [9.17, 15) is 9.59 Å². The van der Waals surface area contributed by atoms with E-state index in [4.69, 9.17) is 37.1 Å². The van der Waals surface area contributed by atoms with Gasteiger partial charge < -0.3 is 13.9 Å². The van der Waals surface area contributed by atoms with Crippen molar-refractivity contribution < 1.29 is 18.7 Å². The van der Waals surface area contributed by atoms with Crippen molar-refractivity contribution in [3.8, 4) is 5.75 Å². The Morgan fingerprint density at radius 3 is 2.67 bits per heavy atom. The summed E-state index contributed by atoms with van der Waals surface area (Å²) in [4.78, 5) is 23.4. The van der Waals surface area contributed by atoms with E-state index in [1.165, 1.54) is 6.07 Å². The van der Waals surface area contributed by atoms with Crippen LogP contribution in [0.4, 0.5) is 10.5 Å². The average molecular weight is 408 g/mol. The molecule has 8 heteroatoms. The molecule has 0 atom stereocenters. The summed E-state index contributed by atoms with van der Waals surface area (Å²) in [7, 11) is 0. The zero-order chi connectivity index (χ0) is 19.4. The van der Waals surface area contributed by atoms with Gasteiger partial charge in [-0.1, -0.05) is 23.2 Å². The molecule has 3 rings (SSSR count). The number of anilines is 1. The van der Waals surface area contributed by atoms with Crippen molar-refractivity contribution in [3.05, 3.63) is 68.5 Å². The Hall–Kier alpha value is -2.70. The van der Waals surface area contributed by atoms with Crippen LogP contribution in [0.5, 0.6) is 5.75 Å². The highest BCUT2D eigenvalue weighted by Crippen LogP contribution is 2.28. The number of carbonyl (C=O) groups excluding carboxylic acids is 1. The van der Waals surface area contributed by atoms with E-state index in [-0.39, 0.29) is 13.2 Å². The third-order valence-corrected chi connectivity index (χ3v) is 4.38. The second-order valence-electron chi connectivity index (χ2n) is 5.51. The fourth-order valence-corrected chi connectivity index (χ4v) is 2.73. The fraction of sp³-hybridized carbons (Fsp3) is 0.158. The maximum absolute atomic E-state index is 11.9. The molecule has 0 fully saturated rings. The van der Waals surface area contributed by atoms with Crippen molar-refractivity contribution in [2.75, 3.05) is 11.9 Å². The molecule has 2 aromatic carbocycles. The highest BCUT2D eigenvalue weighted by molar-refractivity contribution is 6.42. The minimum Gasteiger partial charge on any atom is -0.489 e. The molecule has 0 saturated heterocycles. The van der Waals surface area contributed by atoms with Gasteiger partial charge >= 0.3 is 11.7 Å². The number of ether oxygens (including phenoxy) is 2. The molecule has 0 aliphatic carbocycles. The minimum atomic E-state index is -0.585. The number of hydrogen-bond acceptors (Lipinski definition) is 5. The number of benzene rings is 2. The highest BCUT2D eigenvalue weighted by Gasteiger charge is 2.10. The normalized spacial score (nSPS) is 10.6. The van der Waals surface area contributed by atoms with E-state index in [2.05, 4.69) is 5.32 Å². The number of halogens is 2. The van der Waals surface area contributed by atoms with Gasteiger partial charge in [-0.25, -0.2) is 9.59 Å². The summed E-state index contributed by atoms with van der Waals surface area (Å²) in [6, 6.07) is 11.2. The topological polar surface area (TPSA) is 77.8 Å². The summed E-state index contributed by atoms with van der Waals surface area (Å²) in [6.07, 6.45) is -0.585. The van der Waals surface area contributed by atoms with Gasteiger partial charge in [0.1, 0.15) is 17.9 Å². The molecule has 0 spiro atoms. The molecule has 1 amide bonds. The maximum atomic E-state index is 11.9. The van der Waals surface area contributed by atoms with E-state index in [1.54, 1.807) is 43.3 Å². The lowest BCUT2D eigenvalue weighted by molar-refractivity contribution is 0.168. The van der Waals surface area contributed by atoms with Crippen molar-refractivity contribution in [1.29, 1.82) is 0 Å². The highest BCUT2D eigenvalue weighted by atomic mass is 35.5. The Balaban J connectivity index is 1.85. The van der Waals surface area contributed by atoms with Crippen LogP contribution in [0.2, 0.25) is 10.0 Å². The Kier molecular flexibility index (Phi) is 5.88. The Morgan fingerprint density at radius 1 is 1.11 bits per heavy atom. The SMILES string of the molecule is CCOC(=O)Nc1ccc2c(COc3ccc(Cl)c(Cl)c3)cc(=O)oc2c1. The van der Waals surface area contributed by atoms with Crippen molar-refractivity contribution in [1.82, 2.24) is 0 Å².